The Morgan fingerprint density at radius 2 is 2.27 bits per heavy atom. The fourth-order valence-electron chi connectivity index (χ4n) is 2.74. The van der Waals surface area contributed by atoms with E-state index in [-0.39, 0.29) is 0 Å². The summed E-state index contributed by atoms with van der Waals surface area (Å²) in [7, 11) is 2.05. The van der Waals surface area contributed by atoms with Crippen molar-refractivity contribution in [2.24, 2.45) is 7.05 Å². The molecule has 1 aliphatic rings. The monoisotopic (exact) mass is 207 g/mol. The van der Waals surface area contributed by atoms with E-state index in [0.717, 1.165) is 6.54 Å². The minimum Gasteiger partial charge on any atom is -0.314 e. The van der Waals surface area contributed by atoms with Gasteiger partial charge in [0.15, 0.2) is 0 Å². The van der Waals surface area contributed by atoms with Gasteiger partial charge in [-0.3, -0.25) is 4.68 Å². The van der Waals surface area contributed by atoms with Gasteiger partial charge in [-0.05, 0) is 25.5 Å². The SMILES string of the molecule is CCNC1CCCCC1c1ccnn1C. The van der Waals surface area contributed by atoms with Gasteiger partial charge in [0.1, 0.15) is 0 Å². The molecule has 0 spiro atoms. The van der Waals surface area contributed by atoms with Crippen LogP contribution in [0.1, 0.15) is 44.2 Å². The maximum absolute atomic E-state index is 4.28. The summed E-state index contributed by atoms with van der Waals surface area (Å²) in [5.41, 5.74) is 1.39. The Bertz CT molecular complexity index is 304. The molecule has 1 aromatic heterocycles. The Morgan fingerprint density at radius 1 is 1.47 bits per heavy atom. The summed E-state index contributed by atoms with van der Waals surface area (Å²) in [5.74, 6) is 0.659. The maximum Gasteiger partial charge on any atom is 0.0492 e. The van der Waals surface area contributed by atoms with E-state index < -0.39 is 0 Å². The Hall–Kier alpha value is -0.830. The molecule has 0 saturated heterocycles. The number of aromatic nitrogens is 2. The number of rotatable bonds is 3. The smallest absolute Gasteiger partial charge is 0.0492 e. The van der Waals surface area contributed by atoms with E-state index in [1.54, 1.807) is 0 Å². The molecule has 1 N–H and O–H groups in total. The van der Waals surface area contributed by atoms with Gasteiger partial charge in [-0.1, -0.05) is 19.8 Å². The molecular formula is C12H21N3. The zero-order chi connectivity index (χ0) is 10.7. The van der Waals surface area contributed by atoms with E-state index in [4.69, 9.17) is 0 Å². The average Bonchev–Trinajstić information content (AvgIpc) is 2.66. The maximum atomic E-state index is 4.28. The minimum absolute atomic E-state index is 0.652. The summed E-state index contributed by atoms with van der Waals surface area (Å²) in [5, 5.41) is 7.88. The van der Waals surface area contributed by atoms with Crippen molar-refractivity contribution < 1.29 is 0 Å². The molecule has 1 aliphatic carbocycles. The first-order valence-electron chi connectivity index (χ1n) is 6.04. The van der Waals surface area contributed by atoms with Crippen LogP contribution in [0.2, 0.25) is 0 Å². The van der Waals surface area contributed by atoms with Gasteiger partial charge >= 0.3 is 0 Å². The van der Waals surface area contributed by atoms with Crippen LogP contribution in [0.25, 0.3) is 0 Å². The second kappa shape index (κ2) is 4.79. The van der Waals surface area contributed by atoms with Crippen LogP contribution in [0, 0.1) is 0 Å². The molecule has 2 rings (SSSR count). The van der Waals surface area contributed by atoms with Gasteiger partial charge in [0.05, 0.1) is 0 Å². The lowest BCUT2D eigenvalue weighted by Gasteiger charge is -2.32. The highest BCUT2D eigenvalue weighted by Gasteiger charge is 2.27. The number of aryl methyl sites for hydroxylation is 1. The van der Waals surface area contributed by atoms with Gasteiger partial charge < -0.3 is 5.32 Å². The lowest BCUT2D eigenvalue weighted by molar-refractivity contribution is 0.321. The zero-order valence-corrected chi connectivity index (χ0v) is 9.74. The third-order valence-corrected chi connectivity index (χ3v) is 3.47. The lowest BCUT2D eigenvalue weighted by atomic mass is 9.82. The van der Waals surface area contributed by atoms with Crippen LogP contribution in [0.3, 0.4) is 0 Å². The first kappa shape index (κ1) is 10.7. The number of nitrogens with zero attached hydrogens (tertiary/aromatic N) is 2. The second-order valence-corrected chi connectivity index (χ2v) is 4.43. The Balaban J connectivity index is 2.14. The molecule has 1 heterocycles. The van der Waals surface area contributed by atoms with E-state index in [1.165, 1.54) is 31.4 Å². The average molecular weight is 207 g/mol. The summed E-state index contributed by atoms with van der Waals surface area (Å²) in [6, 6.07) is 2.82. The topological polar surface area (TPSA) is 29.9 Å². The molecule has 0 radical (unpaired) electrons. The van der Waals surface area contributed by atoms with Crippen molar-refractivity contribution in [1.82, 2.24) is 15.1 Å². The predicted octanol–water partition coefficient (Wildman–Crippen LogP) is 2.06. The standard InChI is InChI=1S/C12H21N3/c1-3-13-11-7-5-4-6-10(11)12-8-9-14-15(12)2/h8-11,13H,3-7H2,1-2H3. The summed E-state index contributed by atoms with van der Waals surface area (Å²) in [6.45, 7) is 3.26. The molecule has 84 valence electrons. The van der Waals surface area contributed by atoms with Gasteiger partial charge in [-0.15, -0.1) is 0 Å². The molecule has 0 aromatic carbocycles. The van der Waals surface area contributed by atoms with E-state index in [0.29, 0.717) is 12.0 Å². The molecule has 1 saturated carbocycles. The summed E-state index contributed by atoms with van der Waals surface area (Å²) < 4.78 is 2.03. The third-order valence-electron chi connectivity index (χ3n) is 3.47. The normalized spacial score (nSPS) is 26.8. The van der Waals surface area contributed by atoms with Gasteiger partial charge in [0.2, 0.25) is 0 Å². The highest BCUT2D eigenvalue weighted by atomic mass is 15.3. The van der Waals surface area contributed by atoms with Crippen molar-refractivity contribution in [3.05, 3.63) is 18.0 Å². The quantitative estimate of drug-likeness (QED) is 0.822. The fourth-order valence-corrected chi connectivity index (χ4v) is 2.74. The first-order valence-corrected chi connectivity index (χ1v) is 6.04. The summed E-state index contributed by atoms with van der Waals surface area (Å²) in [6.07, 6.45) is 7.25. The van der Waals surface area contributed by atoms with E-state index >= 15 is 0 Å². The number of nitrogens with one attached hydrogen (secondary N) is 1. The van der Waals surface area contributed by atoms with E-state index in [2.05, 4.69) is 23.4 Å². The number of hydrogen-bond acceptors (Lipinski definition) is 2. The van der Waals surface area contributed by atoms with Gasteiger partial charge in [-0.25, -0.2) is 0 Å². The molecular weight excluding hydrogens is 186 g/mol. The Kier molecular flexibility index (Phi) is 3.41. The molecule has 2 unspecified atom stereocenters. The minimum atomic E-state index is 0.652. The fraction of sp³-hybridized carbons (Fsp3) is 0.750. The molecule has 2 atom stereocenters. The Labute approximate surface area is 91.9 Å². The summed E-state index contributed by atoms with van der Waals surface area (Å²) in [4.78, 5) is 0. The van der Waals surface area contributed by atoms with Crippen LogP contribution in [0.15, 0.2) is 12.3 Å². The largest absolute Gasteiger partial charge is 0.314 e. The molecule has 0 bridgehead atoms. The molecule has 3 nitrogen and oxygen atoms in total. The number of hydrogen-bond donors (Lipinski definition) is 1. The van der Waals surface area contributed by atoms with Gasteiger partial charge in [0, 0.05) is 30.9 Å². The molecule has 0 aliphatic heterocycles. The summed E-state index contributed by atoms with van der Waals surface area (Å²) >= 11 is 0. The second-order valence-electron chi connectivity index (χ2n) is 4.43. The van der Waals surface area contributed by atoms with Gasteiger partial charge in [0.25, 0.3) is 0 Å². The van der Waals surface area contributed by atoms with Gasteiger partial charge in [-0.2, -0.15) is 5.10 Å². The van der Waals surface area contributed by atoms with Crippen molar-refractivity contribution in [1.29, 1.82) is 0 Å². The van der Waals surface area contributed by atoms with E-state index in [9.17, 15) is 0 Å². The Morgan fingerprint density at radius 3 is 2.93 bits per heavy atom. The molecule has 0 amide bonds. The molecule has 3 heteroatoms. The van der Waals surface area contributed by atoms with Crippen molar-refractivity contribution in [2.75, 3.05) is 6.54 Å². The lowest BCUT2D eigenvalue weighted by Crippen LogP contribution is -2.37. The molecule has 1 fully saturated rings. The van der Waals surface area contributed by atoms with Crippen LogP contribution in [0.5, 0.6) is 0 Å². The van der Waals surface area contributed by atoms with Crippen molar-refractivity contribution in [2.45, 2.75) is 44.6 Å². The third kappa shape index (κ3) is 2.23. The molecule has 15 heavy (non-hydrogen) atoms. The number of likely N-dealkylation sites (N-methyl/N-ethyl adjacent to an activating group) is 1. The molecule has 1 aromatic rings. The first-order chi connectivity index (χ1) is 7.33. The van der Waals surface area contributed by atoms with Crippen molar-refractivity contribution in [3.8, 4) is 0 Å². The highest BCUT2D eigenvalue weighted by Crippen LogP contribution is 2.32. The van der Waals surface area contributed by atoms with Crippen LogP contribution in [0.4, 0.5) is 0 Å². The van der Waals surface area contributed by atoms with Crippen LogP contribution in [-0.4, -0.2) is 22.4 Å². The highest BCUT2D eigenvalue weighted by molar-refractivity contribution is 5.12. The van der Waals surface area contributed by atoms with Crippen LogP contribution < -0.4 is 5.32 Å². The predicted molar refractivity (Wildman–Crippen MR) is 61.9 cm³/mol. The van der Waals surface area contributed by atoms with Crippen LogP contribution >= 0.6 is 0 Å². The van der Waals surface area contributed by atoms with Crippen molar-refractivity contribution >= 4 is 0 Å². The zero-order valence-electron chi connectivity index (χ0n) is 9.74. The van der Waals surface area contributed by atoms with Crippen LogP contribution in [-0.2, 0) is 7.05 Å². The van der Waals surface area contributed by atoms with E-state index in [1.807, 2.05) is 17.9 Å². The van der Waals surface area contributed by atoms with Crippen molar-refractivity contribution in [3.63, 3.8) is 0 Å².